The molecule has 114 valence electrons. The molecule has 1 aromatic heterocycles. The number of carbonyl (C=O) groups is 1. The quantitative estimate of drug-likeness (QED) is 0.851. The molecule has 2 atom stereocenters. The van der Waals surface area contributed by atoms with Gasteiger partial charge in [0, 0.05) is 35.5 Å². The van der Waals surface area contributed by atoms with Crippen LogP contribution in [0.4, 0.5) is 19.3 Å². The van der Waals surface area contributed by atoms with Crippen LogP contribution in [0.5, 0.6) is 0 Å². The maximum atomic E-state index is 13.2. The molecule has 2 aromatic rings. The molecule has 2 aliphatic heterocycles. The van der Waals surface area contributed by atoms with E-state index in [-0.39, 0.29) is 23.8 Å². The third kappa shape index (κ3) is 1.96. The smallest absolute Gasteiger partial charge is 0.314 e. The summed E-state index contributed by atoms with van der Waals surface area (Å²) in [6, 6.07) is 3.17. The Labute approximate surface area is 125 Å². The van der Waals surface area contributed by atoms with Crippen molar-refractivity contribution in [1.82, 2.24) is 15.1 Å². The normalized spacial score (nSPS) is 22.5. The van der Waals surface area contributed by atoms with Crippen molar-refractivity contribution in [3.63, 3.8) is 0 Å². The van der Waals surface area contributed by atoms with Crippen molar-refractivity contribution in [2.75, 3.05) is 5.32 Å². The number of rotatable bonds is 1. The number of benzene rings is 1. The van der Waals surface area contributed by atoms with Gasteiger partial charge in [0.2, 0.25) is 0 Å². The number of carbonyl (C=O) groups excluding carboxylic acids is 1. The van der Waals surface area contributed by atoms with Gasteiger partial charge >= 0.3 is 6.03 Å². The summed E-state index contributed by atoms with van der Waals surface area (Å²) >= 11 is 0. The number of nitrogens with one attached hydrogen (secondary N) is 2. The summed E-state index contributed by atoms with van der Waals surface area (Å²) in [5.41, 5.74) is 2.39. The van der Waals surface area contributed by atoms with Crippen molar-refractivity contribution in [3.05, 3.63) is 47.3 Å². The molecule has 2 bridgehead atoms. The van der Waals surface area contributed by atoms with Crippen LogP contribution in [-0.2, 0) is 6.42 Å². The minimum Gasteiger partial charge on any atom is -0.314 e. The average molecular weight is 304 g/mol. The standard InChI is InChI=1S/C15H14F2N4O/c16-11-3-1-8(5-12(11)17)19-15(22)21-9-2-4-14(21)10-7-18-20-13(10)6-9/h1,3,5,7,9,14H,2,4,6H2,(H,18,20)(H,19,22). The van der Waals surface area contributed by atoms with Gasteiger partial charge in [-0.25, -0.2) is 13.6 Å². The van der Waals surface area contributed by atoms with Crippen molar-refractivity contribution < 1.29 is 13.6 Å². The van der Waals surface area contributed by atoms with Gasteiger partial charge in [0.25, 0.3) is 0 Å². The Morgan fingerprint density at radius 1 is 1.32 bits per heavy atom. The Bertz CT molecular complexity index is 745. The maximum absolute atomic E-state index is 13.2. The summed E-state index contributed by atoms with van der Waals surface area (Å²) in [5, 5.41) is 9.68. The number of amides is 2. The van der Waals surface area contributed by atoms with E-state index in [4.69, 9.17) is 0 Å². The highest BCUT2D eigenvalue weighted by Gasteiger charge is 2.43. The molecular formula is C15H14F2N4O. The van der Waals surface area contributed by atoms with Gasteiger partial charge in [-0.3, -0.25) is 5.10 Å². The lowest BCUT2D eigenvalue weighted by Crippen LogP contribution is -2.44. The topological polar surface area (TPSA) is 61.0 Å². The minimum absolute atomic E-state index is 0.00204. The number of urea groups is 1. The lowest BCUT2D eigenvalue weighted by Gasteiger charge is -2.34. The third-order valence-electron chi connectivity index (χ3n) is 4.46. The van der Waals surface area contributed by atoms with Crippen LogP contribution in [0.25, 0.3) is 0 Å². The van der Waals surface area contributed by atoms with Crippen molar-refractivity contribution >= 4 is 11.7 Å². The second-order valence-corrected chi connectivity index (χ2v) is 5.72. The van der Waals surface area contributed by atoms with Crippen molar-refractivity contribution in [1.29, 1.82) is 0 Å². The molecule has 0 radical (unpaired) electrons. The summed E-state index contributed by atoms with van der Waals surface area (Å²) in [7, 11) is 0. The highest BCUT2D eigenvalue weighted by Crippen LogP contribution is 2.43. The second kappa shape index (κ2) is 4.79. The maximum Gasteiger partial charge on any atom is 0.322 e. The summed E-state index contributed by atoms with van der Waals surface area (Å²) in [4.78, 5) is 14.3. The number of halogens is 2. The van der Waals surface area contributed by atoms with Crippen LogP contribution in [0, 0.1) is 11.6 Å². The highest BCUT2D eigenvalue weighted by atomic mass is 19.2. The van der Waals surface area contributed by atoms with E-state index in [2.05, 4.69) is 15.5 Å². The fourth-order valence-electron chi connectivity index (χ4n) is 3.47. The van der Waals surface area contributed by atoms with Gasteiger partial charge in [-0.2, -0.15) is 5.10 Å². The lowest BCUT2D eigenvalue weighted by molar-refractivity contribution is 0.179. The molecule has 1 saturated heterocycles. The number of nitrogens with zero attached hydrogens (tertiary/aromatic N) is 2. The zero-order chi connectivity index (χ0) is 15.3. The molecule has 1 aromatic carbocycles. The summed E-state index contributed by atoms with van der Waals surface area (Å²) in [6.07, 6.45) is 4.33. The molecule has 2 amide bonds. The molecule has 2 unspecified atom stereocenters. The van der Waals surface area contributed by atoms with Gasteiger partial charge in [-0.1, -0.05) is 0 Å². The Kier molecular flexibility index (Phi) is 2.88. The Morgan fingerprint density at radius 2 is 2.18 bits per heavy atom. The predicted molar refractivity (Wildman–Crippen MR) is 75.3 cm³/mol. The lowest BCUT2D eigenvalue weighted by atomic mass is 10.0. The number of anilines is 1. The van der Waals surface area contributed by atoms with E-state index in [1.165, 1.54) is 6.07 Å². The van der Waals surface area contributed by atoms with Crippen LogP contribution in [0.2, 0.25) is 0 Å². The number of fused-ring (bicyclic) bond motifs is 4. The summed E-state index contributed by atoms with van der Waals surface area (Å²) < 4.78 is 26.2. The molecule has 1 fully saturated rings. The van der Waals surface area contributed by atoms with E-state index in [1.807, 2.05) is 0 Å². The van der Waals surface area contributed by atoms with Gasteiger partial charge in [0.05, 0.1) is 12.2 Å². The van der Waals surface area contributed by atoms with Gasteiger partial charge in [0.15, 0.2) is 11.6 Å². The fraction of sp³-hybridized carbons (Fsp3) is 0.333. The predicted octanol–water partition coefficient (Wildman–Crippen LogP) is 2.98. The zero-order valence-electron chi connectivity index (χ0n) is 11.6. The van der Waals surface area contributed by atoms with Crippen LogP contribution in [0.15, 0.2) is 24.4 Å². The highest BCUT2D eigenvalue weighted by molar-refractivity contribution is 5.90. The van der Waals surface area contributed by atoms with Crippen LogP contribution in [0.1, 0.15) is 30.1 Å². The van der Waals surface area contributed by atoms with E-state index in [0.29, 0.717) is 0 Å². The fourth-order valence-corrected chi connectivity index (χ4v) is 3.47. The molecule has 2 aliphatic rings. The van der Waals surface area contributed by atoms with Gasteiger partial charge in [-0.15, -0.1) is 0 Å². The molecule has 5 nitrogen and oxygen atoms in total. The van der Waals surface area contributed by atoms with Crippen LogP contribution >= 0.6 is 0 Å². The first-order valence-electron chi connectivity index (χ1n) is 7.20. The molecular weight excluding hydrogens is 290 g/mol. The number of hydrogen-bond acceptors (Lipinski definition) is 2. The van der Waals surface area contributed by atoms with E-state index in [0.717, 1.165) is 42.7 Å². The van der Waals surface area contributed by atoms with Crippen molar-refractivity contribution in [3.8, 4) is 0 Å². The number of H-pyrrole nitrogens is 1. The first kappa shape index (κ1) is 13.2. The van der Waals surface area contributed by atoms with Crippen molar-refractivity contribution in [2.45, 2.75) is 31.3 Å². The van der Waals surface area contributed by atoms with E-state index >= 15 is 0 Å². The molecule has 0 aliphatic carbocycles. The summed E-state index contributed by atoms with van der Waals surface area (Å²) in [5.74, 6) is -1.91. The molecule has 0 saturated carbocycles. The molecule has 22 heavy (non-hydrogen) atoms. The van der Waals surface area contributed by atoms with Crippen LogP contribution in [-0.4, -0.2) is 27.2 Å². The second-order valence-electron chi connectivity index (χ2n) is 5.72. The van der Waals surface area contributed by atoms with Gasteiger partial charge < -0.3 is 10.2 Å². The van der Waals surface area contributed by atoms with Crippen LogP contribution < -0.4 is 5.32 Å². The van der Waals surface area contributed by atoms with Gasteiger partial charge in [-0.05, 0) is 25.0 Å². The first-order valence-corrected chi connectivity index (χ1v) is 7.20. The molecule has 7 heteroatoms. The van der Waals surface area contributed by atoms with E-state index in [9.17, 15) is 13.6 Å². The molecule has 0 spiro atoms. The monoisotopic (exact) mass is 304 g/mol. The Morgan fingerprint density at radius 3 is 3.00 bits per heavy atom. The van der Waals surface area contributed by atoms with E-state index < -0.39 is 11.6 Å². The Balaban J connectivity index is 1.57. The minimum atomic E-state index is -0.975. The first-order chi connectivity index (χ1) is 10.6. The number of hydrogen-bond donors (Lipinski definition) is 2. The number of aromatic nitrogens is 2. The zero-order valence-corrected chi connectivity index (χ0v) is 11.6. The van der Waals surface area contributed by atoms with E-state index in [1.54, 1.807) is 11.1 Å². The molecule has 4 rings (SSSR count). The third-order valence-corrected chi connectivity index (χ3v) is 4.46. The van der Waals surface area contributed by atoms with Crippen LogP contribution in [0.3, 0.4) is 0 Å². The molecule has 2 N–H and O–H groups in total. The van der Waals surface area contributed by atoms with Crippen molar-refractivity contribution in [2.24, 2.45) is 0 Å². The Hall–Kier alpha value is -2.44. The summed E-state index contributed by atoms with van der Waals surface area (Å²) in [6.45, 7) is 0. The largest absolute Gasteiger partial charge is 0.322 e. The number of aromatic amines is 1. The molecule has 3 heterocycles. The van der Waals surface area contributed by atoms with Gasteiger partial charge in [0.1, 0.15) is 0 Å². The SMILES string of the molecule is O=C(Nc1ccc(F)c(F)c1)N1C2CCC1c1cn[nH]c1C2. The average Bonchev–Trinajstić information content (AvgIpc) is 3.08.